The van der Waals surface area contributed by atoms with E-state index >= 15 is 0 Å². The molecule has 0 amide bonds. The highest BCUT2D eigenvalue weighted by molar-refractivity contribution is 5.47. The van der Waals surface area contributed by atoms with E-state index in [1.807, 2.05) is 6.20 Å². The zero-order chi connectivity index (χ0) is 14.9. The molecule has 118 valence electrons. The second-order valence-corrected chi connectivity index (χ2v) is 5.76. The monoisotopic (exact) mass is 291 g/mol. The summed E-state index contributed by atoms with van der Waals surface area (Å²) in [5, 5.41) is 3.41. The Hall–Kier alpha value is -1.13. The molecule has 1 aromatic rings. The summed E-state index contributed by atoms with van der Waals surface area (Å²) in [6.07, 6.45) is 6.96. The van der Waals surface area contributed by atoms with Crippen molar-refractivity contribution in [1.29, 1.82) is 0 Å². The SMILES string of the molecule is CCCNCc1cc(N2CCCC(OCCC)C2)ccn1. The van der Waals surface area contributed by atoms with Gasteiger partial charge in [0, 0.05) is 38.1 Å². The van der Waals surface area contributed by atoms with Crippen LogP contribution in [0.4, 0.5) is 5.69 Å². The Kier molecular flexibility index (Phi) is 6.96. The van der Waals surface area contributed by atoms with Crippen molar-refractivity contribution in [2.75, 3.05) is 31.1 Å². The fourth-order valence-electron chi connectivity index (χ4n) is 2.75. The van der Waals surface area contributed by atoms with Gasteiger partial charge in [-0.1, -0.05) is 13.8 Å². The summed E-state index contributed by atoms with van der Waals surface area (Å²) >= 11 is 0. The topological polar surface area (TPSA) is 37.4 Å². The molecule has 1 atom stereocenters. The lowest BCUT2D eigenvalue weighted by atomic mass is 10.1. The Labute approximate surface area is 128 Å². The maximum Gasteiger partial charge on any atom is 0.0750 e. The van der Waals surface area contributed by atoms with Crippen molar-refractivity contribution >= 4 is 5.69 Å². The van der Waals surface area contributed by atoms with Gasteiger partial charge in [-0.15, -0.1) is 0 Å². The molecule has 1 unspecified atom stereocenters. The van der Waals surface area contributed by atoms with E-state index in [2.05, 4.69) is 41.2 Å². The van der Waals surface area contributed by atoms with E-state index in [1.54, 1.807) is 0 Å². The normalized spacial score (nSPS) is 19.0. The second-order valence-electron chi connectivity index (χ2n) is 5.76. The van der Waals surface area contributed by atoms with Crippen LogP contribution in [0.15, 0.2) is 18.3 Å². The number of ether oxygens (including phenoxy) is 1. The highest BCUT2D eigenvalue weighted by atomic mass is 16.5. The molecule has 21 heavy (non-hydrogen) atoms. The van der Waals surface area contributed by atoms with Crippen molar-refractivity contribution in [2.45, 2.75) is 52.2 Å². The standard InChI is InChI=1S/C17H29N3O/c1-3-8-18-13-15-12-16(7-9-19-15)20-10-5-6-17(14-20)21-11-4-2/h7,9,12,17-18H,3-6,8,10-11,13-14H2,1-2H3. The van der Waals surface area contributed by atoms with Crippen LogP contribution in [0.1, 0.15) is 45.2 Å². The first-order chi connectivity index (χ1) is 10.3. The Morgan fingerprint density at radius 1 is 1.38 bits per heavy atom. The van der Waals surface area contributed by atoms with Gasteiger partial charge in [0.1, 0.15) is 0 Å². The fraction of sp³-hybridized carbons (Fsp3) is 0.706. The summed E-state index contributed by atoms with van der Waals surface area (Å²) < 4.78 is 5.92. The highest BCUT2D eigenvalue weighted by Crippen LogP contribution is 2.21. The average Bonchev–Trinajstić information content (AvgIpc) is 2.54. The van der Waals surface area contributed by atoms with Crippen LogP contribution in [0.2, 0.25) is 0 Å². The predicted octanol–water partition coefficient (Wildman–Crippen LogP) is 2.98. The van der Waals surface area contributed by atoms with Gasteiger partial charge < -0.3 is 15.0 Å². The molecular weight excluding hydrogens is 262 g/mol. The van der Waals surface area contributed by atoms with E-state index in [0.717, 1.165) is 51.3 Å². The number of anilines is 1. The largest absolute Gasteiger partial charge is 0.376 e. The van der Waals surface area contributed by atoms with Crippen LogP contribution in [0.5, 0.6) is 0 Å². The van der Waals surface area contributed by atoms with E-state index in [-0.39, 0.29) is 0 Å². The summed E-state index contributed by atoms with van der Waals surface area (Å²) in [4.78, 5) is 6.89. The van der Waals surface area contributed by atoms with Crippen LogP contribution in [-0.2, 0) is 11.3 Å². The first kappa shape index (κ1) is 16.2. The molecule has 1 aliphatic heterocycles. The Morgan fingerprint density at radius 3 is 3.10 bits per heavy atom. The van der Waals surface area contributed by atoms with Gasteiger partial charge in [0.2, 0.25) is 0 Å². The number of rotatable bonds is 8. The minimum Gasteiger partial charge on any atom is -0.376 e. The third kappa shape index (κ3) is 5.29. The van der Waals surface area contributed by atoms with Gasteiger partial charge in [-0.05, 0) is 44.4 Å². The van der Waals surface area contributed by atoms with E-state index < -0.39 is 0 Å². The highest BCUT2D eigenvalue weighted by Gasteiger charge is 2.20. The Morgan fingerprint density at radius 2 is 2.29 bits per heavy atom. The number of nitrogens with one attached hydrogen (secondary N) is 1. The molecular formula is C17H29N3O. The second kappa shape index (κ2) is 9.00. The Bertz CT molecular complexity index is 411. The average molecular weight is 291 g/mol. The fourth-order valence-corrected chi connectivity index (χ4v) is 2.75. The lowest BCUT2D eigenvalue weighted by Crippen LogP contribution is -2.40. The lowest BCUT2D eigenvalue weighted by molar-refractivity contribution is 0.0440. The maximum atomic E-state index is 5.92. The molecule has 1 aliphatic rings. The van der Waals surface area contributed by atoms with Gasteiger partial charge in [-0.3, -0.25) is 4.98 Å². The molecule has 0 aromatic carbocycles. The first-order valence-electron chi connectivity index (χ1n) is 8.35. The van der Waals surface area contributed by atoms with Crippen LogP contribution >= 0.6 is 0 Å². The molecule has 4 nitrogen and oxygen atoms in total. The van der Waals surface area contributed by atoms with Crippen molar-refractivity contribution in [3.8, 4) is 0 Å². The van der Waals surface area contributed by atoms with Crippen LogP contribution in [0.3, 0.4) is 0 Å². The number of nitrogens with zero attached hydrogens (tertiary/aromatic N) is 2. The number of aromatic nitrogens is 1. The summed E-state index contributed by atoms with van der Waals surface area (Å²) in [5.41, 5.74) is 2.40. The summed E-state index contributed by atoms with van der Waals surface area (Å²) in [7, 11) is 0. The van der Waals surface area contributed by atoms with Crippen LogP contribution in [-0.4, -0.2) is 37.3 Å². The van der Waals surface area contributed by atoms with Crippen molar-refractivity contribution < 1.29 is 4.74 Å². The van der Waals surface area contributed by atoms with Gasteiger partial charge in [-0.25, -0.2) is 0 Å². The number of hydrogen-bond acceptors (Lipinski definition) is 4. The molecule has 1 aromatic heterocycles. The number of hydrogen-bond donors (Lipinski definition) is 1. The van der Waals surface area contributed by atoms with E-state index in [1.165, 1.54) is 18.5 Å². The molecule has 0 saturated carbocycles. The van der Waals surface area contributed by atoms with Crippen molar-refractivity contribution in [3.63, 3.8) is 0 Å². The summed E-state index contributed by atoms with van der Waals surface area (Å²) in [5.74, 6) is 0. The minimum absolute atomic E-state index is 0.383. The van der Waals surface area contributed by atoms with Gasteiger partial charge in [0.05, 0.1) is 11.8 Å². The molecule has 0 bridgehead atoms. The quantitative estimate of drug-likeness (QED) is 0.747. The Balaban J connectivity index is 1.92. The van der Waals surface area contributed by atoms with E-state index in [9.17, 15) is 0 Å². The first-order valence-corrected chi connectivity index (χ1v) is 8.35. The van der Waals surface area contributed by atoms with E-state index in [4.69, 9.17) is 4.74 Å². The minimum atomic E-state index is 0.383. The summed E-state index contributed by atoms with van der Waals surface area (Å²) in [6.45, 7) is 9.25. The van der Waals surface area contributed by atoms with Crippen molar-refractivity contribution in [1.82, 2.24) is 10.3 Å². The molecule has 4 heteroatoms. The molecule has 0 aliphatic carbocycles. The van der Waals surface area contributed by atoms with E-state index in [0.29, 0.717) is 6.10 Å². The van der Waals surface area contributed by atoms with Gasteiger partial charge >= 0.3 is 0 Å². The van der Waals surface area contributed by atoms with Crippen LogP contribution in [0.25, 0.3) is 0 Å². The molecule has 1 saturated heterocycles. The molecule has 1 fully saturated rings. The third-order valence-electron chi connectivity index (χ3n) is 3.83. The molecule has 2 rings (SSSR count). The summed E-state index contributed by atoms with van der Waals surface area (Å²) in [6, 6.07) is 4.33. The zero-order valence-electron chi connectivity index (χ0n) is 13.5. The third-order valence-corrected chi connectivity index (χ3v) is 3.83. The smallest absolute Gasteiger partial charge is 0.0750 e. The molecule has 2 heterocycles. The maximum absolute atomic E-state index is 5.92. The van der Waals surface area contributed by atoms with Gasteiger partial charge in [-0.2, -0.15) is 0 Å². The van der Waals surface area contributed by atoms with Crippen LogP contribution < -0.4 is 10.2 Å². The van der Waals surface area contributed by atoms with Crippen molar-refractivity contribution in [2.24, 2.45) is 0 Å². The van der Waals surface area contributed by atoms with Crippen molar-refractivity contribution in [3.05, 3.63) is 24.0 Å². The molecule has 0 spiro atoms. The van der Waals surface area contributed by atoms with Gasteiger partial charge in [0.15, 0.2) is 0 Å². The van der Waals surface area contributed by atoms with Crippen LogP contribution in [0, 0.1) is 0 Å². The van der Waals surface area contributed by atoms with Gasteiger partial charge in [0.25, 0.3) is 0 Å². The number of piperidine rings is 1. The predicted molar refractivity (Wildman–Crippen MR) is 87.7 cm³/mol. The lowest BCUT2D eigenvalue weighted by Gasteiger charge is -2.34. The molecule has 1 N–H and O–H groups in total. The molecule has 0 radical (unpaired) electrons. The number of pyridine rings is 1. The zero-order valence-corrected chi connectivity index (χ0v) is 13.5.